The molecular formula is C16H22N4O2. The van der Waals surface area contributed by atoms with Crippen molar-refractivity contribution in [1.82, 2.24) is 20.1 Å². The maximum absolute atomic E-state index is 12.4. The van der Waals surface area contributed by atoms with Crippen LogP contribution in [-0.4, -0.2) is 38.4 Å². The van der Waals surface area contributed by atoms with Gasteiger partial charge < -0.3 is 10.4 Å². The zero-order chi connectivity index (χ0) is 15.9. The minimum atomic E-state index is -0.153. The molecule has 0 spiro atoms. The fraction of sp³-hybridized carbons (Fsp3) is 0.438. The third-order valence-electron chi connectivity index (χ3n) is 3.62. The van der Waals surface area contributed by atoms with Crippen LogP contribution >= 0.6 is 0 Å². The molecule has 0 aliphatic rings. The highest BCUT2D eigenvalue weighted by Gasteiger charge is 2.19. The van der Waals surface area contributed by atoms with E-state index in [4.69, 9.17) is 5.11 Å². The molecular weight excluding hydrogens is 280 g/mol. The Morgan fingerprint density at radius 1 is 1.41 bits per heavy atom. The third-order valence-corrected chi connectivity index (χ3v) is 3.62. The zero-order valence-electron chi connectivity index (χ0n) is 13.0. The van der Waals surface area contributed by atoms with Gasteiger partial charge in [0.2, 0.25) is 0 Å². The van der Waals surface area contributed by atoms with Crippen molar-refractivity contribution >= 4 is 5.91 Å². The summed E-state index contributed by atoms with van der Waals surface area (Å²) in [4.78, 5) is 16.7. The molecule has 0 saturated carbocycles. The summed E-state index contributed by atoms with van der Waals surface area (Å²) in [5.41, 5.74) is 1.39. The number of carbonyl (C=O) groups excluding carboxylic acids is 1. The summed E-state index contributed by atoms with van der Waals surface area (Å²) >= 11 is 0. The molecule has 0 aliphatic carbocycles. The van der Waals surface area contributed by atoms with Gasteiger partial charge >= 0.3 is 0 Å². The lowest BCUT2D eigenvalue weighted by Crippen LogP contribution is -2.35. The van der Waals surface area contributed by atoms with Gasteiger partial charge in [-0.3, -0.25) is 4.79 Å². The zero-order valence-corrected chi connectivity index (χ0v) is 13.0. The van der Waals surface area contributed by atoms with Gasteiger partial charge in [0.15, 0.2) is 5.82 Å². The van der Waals surface area contributed by atoms with Crippen molar-refractivity contribution in [3.8, 4) is 5.82 Å². The van der Waals surface area contributed by atoms with E-state index >= 15 is 0 Å². The molecule has 2 N–H and O–H groups in total. The molecule has 2 aromatic heterocycles. The van der Waals surface area contributed by atoms with Crippen LogP contribution in [0.3, 0.4) is 0 Å². The molecule has 2 aromatic rings. The Labute approximate surface area is 130 Å². The van der Waals surface area contributed by atoms with Crippen molar-refractivity contribution in [3.05, 3.63) is 41.9 Å². The van der Waals surface area contributed by atoms with E-state index in [0.29, 0.717) is 24.2 Å². The van der Waals surface area contributed by atoms with E-state index in [-0.39, 0.29) is 18.6 Å². The molecule has 22 heavy (non-hydrogen) atoms. The van der Waals surface area contributed by atoms with Crippen LogP contribution in [0, 0.1) is 0 Å². The van der Waals surface area contributed by atoms with Gasteiger partial charge in [-0.05, 0) is 31.4 Å². The number of aliphatic hydroxyl groups is 1. The second-order valence-electron chi connectivity index (χ2n) is 5.05. The summed E-state index contributed by atoms with van der Waals surface area (Å²) in [6.07, 6.45) is 5.29. The number of aliphatic hydroxyl groups excluding tert-OH is 1. The molecule has 0 saturated heterocycles. The van der Waals surface area contributed by atoms with Crippen LogP contribution in [0.4, 0.5) is 0 Å². The standard InChI is InChI=1S/C16H22N4O2/c1-3-12(8-10-21)19-16(22)13-11-18-20(14(13)4-2)15-7-5-6-9-17-15/h5-7,9,11-12,21H,3-4,8,10H2,1-2H3,(H,19,22). The van der Waals surface area contributed by atoms with E-state index in [9.17, 15) is 4.79 Å². The first-order valence-electron chi connectivity index (χ1n) is 7.61. The van der Waals surface area contributed by atoms with Crippen molar-refractivity contribution in [2.75, 3.05) is 6.61 Å². The van der Waals surface area contributed by atoms with E-state index in [2.05, 4.69) is 15.4 Å². The van der Waals surface area contributed by atoms with Crippen molar-refractivity contribution in [1.29, 1.82) is 0 Å². The lowest BCUT2D eigenvalue weighted by Gasteiger charge is -2.15. The van der Waals surface area contributed by atoms with Gasteiger partial charge in [-0.1, -0.05) is 19.9 Å². The average molecular weight is 302 g/mol. The highest BCUT2D eigenvalue weighted by Crippen LogP contribution is 2.14. The molecule has 6 heteroatoms. The van der Waals surface area contributed by atoms with E-state index < -0.39 is 0 Å². The van der Waals surface area contributed by atoms with Gasteiger partial charge in [0.25, 0.3) is 5.91 Å². The summed E-state index contributed by atoms with van der Waals surface area (Å²) in [5, 5.41) is 16.3. The van der Waals surface area contributed by atoms with E-state index in [1.165, 1.54) is 0 Å². The van der Waals surface area contributed by atoms with Crippen molar-refractivity contribution in [2.45, 2.75) is 39.2 Å². The Balaban J connectivity index is 2.25. The monoisotopic (exact) mass is 302 g/mol. The topological polar surface area (TPSA) is 80.0 Å². The van der Waals surface area contributed by atoms with Gasteiger partial charge in [-0.25, -0.2) is 9.67 Å². The first-order chi connectivity index (χ1) is 10.7. The van der Waals surface area contributed by atoms with Crippen LogP contribution in [0.5, 0.6) is 0 Å². The molecule has 0 aromatic carbocycles. The number of amides is 1. The first kappa shape index (κ1) is 16.2. The number of pyridine rings is 1. The summed E-state index contributed by atoms with van der Waals surface area (Å²) in [6.45, 7) is 4.03. The number of aromatic nitrogens is 3. The Bertz CT molecular complexity index is 610. The molecule has 0 radical (unpaired) electrons. The van der Waals surface area contributed by atoms with E-state index in [1.54, 1.807) is 17.1 Å². The Hall–Kier alpha value is -2.21. The van der Waals surface area contributed by atoms with Gasteiger partial charge in [0, 0.05) is 18.8 Å². The molecule has 118 valence electrons. The normalized spacial score (nSPS) is 12.1. The summed E-state index contributed by atoms with van der Waals surface area (Å²) in [5.74, 6) is 0.542. The van der Waals surface area contributed by atoms with E-state index in [1.807, 2.05) is 32.0 Å². The van der Waals surface area contributed by atoms with Gasteiger partial charge in [0.05, 0.1) is 17.5 Å². The van der Waals surface area contributed by atoms with Crippen LogP contribution in [0.1, 0.15) is 42.7 Å². The highest BCUT2D eigenvalue weighted by atomic mass is 16.3. The molecule has 0 fully saturated rings. The molecule has 2 rings (SSSR count). The number of nitrogens with one attached hydrogen (secondary N) is 1. The molecule has 0 aliphatic heterocycles. The maximum Gasteiger partial charge on any atom is 0.254 e. The molecule has 6 nitrogen and oxygen atoms in total. The lowest BCUT2D eigenvalue weighted by molar-refractivity contribution is 0.0928. The van der Waals surface area contributed by atoms with Crippen LogP contribution in [0.25, 0.3) is 5.82 Å². The summed E-state index contributed by atoms with van der Waals surface area (Å²) in [6, 6.07) is 5.55. The molecule has 1 amide bonds. The van der Waals surface area contributed by atoms with E-state index in [0.717, 1.165) is 12.1 Å². The molecule has 0 bridgehead atoms. The fourth-order valence-electron chi connectivity index (χ4n) is 2.38. The largest absolute Gasteiger partial charge is 0.396 e. The molecule has 2 heterocycles. The summed E-state index contributed by atoms with van der Waals surface area (Å²) in [7, 11) is 0. The van der Waals surface area contributed by atoms with Crippen LogP contribution in [-0.2, 0) is 6.42 Å². The van der Waals surface area contributed by atoms with Gasteiger partial charge in [0.1, 0.15) is 0 Å². The number of hydrogen-bond acceptors (Lipinski definition) is 4. The minimum Gasteiger partial charge on any atom is -0.396 e. The molecule has 1 unspecified atom stereocenters. The number of nitrogens with zero attached hydrogens (tertiary/aromatic N) is 3. The average Bonchev–Trinajstić information content (AvgIpc) is 2.99. The number of carbonyl (C=O) groups is 1. The highest BCUT2D eigenvalue weighted by molar-refractivity contribution is 5.95. The van der Waals surface area contributed by atoms with Gasteiger partial charge in [-0.15, -0.1) is 0 Å². The second kappa shape index (κ2) is 7.70. The Kier molecular flexibility index (Phi) is 5.66. The SMILES string of the molecule is CCc1c(C(=O)NC(CC)CCO)cnn1-c1ccccn1. The predicted molar refractivity (Wildman–Crippen MR) is 84.0 cm³/mol. The van der Waals surface area contributed by atoms with Gasteiger partial charge in [-0.2, -0.15) is 5.10 Å². The van der Waals surface area contributed by atoms with Crippen molar-refractivity contribution < 1.29 is 9.90 Å². The number of rotatable bonds is 7. The van der Waals surface area contributed by atoms with Crippen LogP contribution in [0.15, 0.2) is 30.6 Å². The predicted octanol–water partition coefficient (Wildman–Crippen LogP) is 1.72. The fourth-order valence-corrected chi connectivity index (χ4v) is 2.38. The first-order valence-corrected chi connectivity index (χ1v) is 7.61. The quantitative estimate of drug-likeness (QED) is 0.816. The van der Waals surface area contributed by atoms with Crippen LogP contribution in [0.2, 0.25) is 0 Å². The maximum atomic E-state index is 12.4. The smallest absolute Gasteiger partial charge is 0.254 e. The molecule has 1 atom stereocenters. The lowest BCUT2D eigenvalue weighted by atomic mass is 10.1. The Morgan fingerprint density at radius 2 is 2.23 bits per heavy atom. The minimum absolute atomic E-state index is 0.0274. The van der Waals surface area contributed by atoms with Crippen molar-refractivity contribution in [2.24, 2.45) is 0 Å². The van der Waals surface area contributed by atoms with Crippen LogP contribution < -0.4 is 5.32 Å². The second-order valence-corrected chi connectivity index (χ2v) is 5.05. The number of hydrogen-bond donors (Lipinski definition) is 2. The summed E-state index contributed by atoms with van der Waals surface area (Å²) < 4.78 is 1.70. The van der Waals surface area contributed by atoms with Crippen molar-refractivity contribution in [3.63, 3.8) is 0 Å². The third kappa shape index (κ3) is 3.51. The Morgan fingerprint density at radius 3 is 2.82 bits per heavy atom.